The number of fused-ring (bicyclic) bond motifs is 5. The third-order valence-corrected chi connectivity index (χ3v) is 9.91. The first-order valence-corrected chi connectivity index (χ1v) is 15.5. The van der Waals surface area contributed by atoms with Crippen LogP contribution in [0, 0.1) is 12.8 Å². The van der Waals surface area contributed by atoms with Gasteiger partial charge in [-0.25, -0.2) is 4.98 Å². The summed E-state index contributed by atoms with van der Waals surface area (Å²) in [5.74, 6) is 1.30. The lowest BCUT2D eigenvalue weighted by atomic mass is 9.85. The minimum atomic E-state index is 0.0474. The molecule has 2 aromatic heterocycles. The number of para-hydroxylation sites is 3. The van der Waals surface area contributed by atoms with Crippen LogP contribution in [0.25, 0.3) is 10.9 Å². The van der Waals surface area contributed by atoms with Crippen LogP contribution in [0.3, 0.4) is 0 Å². The van der Waals surface area contributed by atoms with Crippen LogP contribution >= 0.6 is 11.8 Å². The number of anilines is 2. The van der Waals surface area contributed by atoms with Gasteiger partial charge in [0.2, 0.25) is 0 Å². The van der Waals surface area contributed by atoms with E-state index in [4.69, 9.17) is 0 Å². The van der Waals surface area contributed by atoms with E-state index in [9.17, 15) is 4.79 Å². The molecular formula is C35H39N5OS. The molecule has 7 heteroatoms. The molecule has 1 aliphatic heterocycles. The van der Waals surface area contributed by atoms with Crippen molar-refractivity contribution in [2.24, 2.45) is 13.0 Å². The highest BCUT2D eigenvalue weighted by atomic mass is 32.2. The van der Waals surface area contributed by atoms with Crippen molar-refractivity contribution in [1.29, 1.82) is 0 Å². The fourth-order valence-electron chi connectivity index (χ4n) is 6.07. The third kappa shape index (κ3) is 5.27. The van der Waals surface area contributed by atoms with E-state index in [1.165, 1.54) is 26.9 Å². The summed E-state index contributed by atoms with van der Waals surface area (Å²) in [6.45, 7) is 5.98. The van der Waals surface area contributed by atoms with Crippen LogP contribution in [-0.2, 0) is 20.0 Å². The Hall–Kier alpha value is -3.81. The van der Waals surface area contributed by atoms with Crippen LogP contribution in [0.1, 0.15) is 35.2 Å². The Kier molecular flexibility index (Phi) is 7.97. The second-order valence-electron chi connectivity index (χ2n) is 11.6. The lowest BCUT2D eigenvalue weighted by Crippen LogP contribution is -2.37. The number of aromatic nitrogens is 3. The molecule has 0 bridgehead atoms. The molecule has 216 valence electrons. The third-order valence-electron chi connectivity index (χ3n) is 8.78. The van der Waals surface area contributed by atoms with Crippen LogP contribution in [0.5, 0.6) is 0 Å². The number of imidazole rings is 1. The number of Topliss-reactive ketones (excluding diaryl/α,β-unsaturated/α-hetero) is 1. The average molecular weight is 578 g/mol. The Balaban J connectivity index is 0.000000151. The number of hydrogen-bond donors (Lipinski definition) is 0. The van der Waals surface area contributed by atoms with Crippen LogP contribution in [0.2, 0.25) is 0 Å². The van der Waals surface area contributed by atoms with Gasteiger partial charge in [-0.3, -0.25) is 4.79 Å². The summed E-state index contributed by atoms with van der Waals surface area (Å²) >= 11 is 1.87. The van der Waals surface area contributed by atoms with Crippen molar-refractivity contribution >= 4 is 39.8 Å². The SMILES string of the molecule is CC(CN1c2ccccc2Sc2ccccc21)N(C)C.Cc1nccn1CC1CCc2c(c3ccccc3n2C)C1=O. The molecule has 0 fully saturated rings. The molecular weight excluding hydrogens is 538 g/mol. The maximum Gasteiger partial charge on any atom is 0.170 e. The Bertz CT molecular complexity index is 1690. The van der Waals surface area contributed by atoms with Crippen molar-refractivity contribution in [3.63, 3.8) is 0 Å². The molecule has 1 aliphatic carbocycles. The second-order valence-corrected chi connectivity index (χ2v) is 12.7. The topological polar surface area (TPSA) is 46.3 Å². The van der Waals surface area contributed by atoms with E-state index in [0.717, 1.165) is 48.2 Å². The summed E-state index contributed by atoms with van der Waals surface area (Å²) in [5, 5.41) is 1.09. The minimum Gasteiger partial charge on any atom is -0.347 e. The van der Waals surface area contributed by atoms with Gasteiger partial charge in [-0.1, -0.05) is 54.2 Å². The molecule has 2 aliphatic rings. The van der Waals surface area contributed by atoms with Gasteiger partial charge in [0.15, 0.2) is 5.78 Å². The van der Waals surface area contributed by atoms with E-state index >= 15 is 0 Å². The van der Waals surface area contributed by atoms with E-state index in [2.05, 4.69) is 113 Å². The van der Waals surface area contributed by atoms with Crippen molar-refractivity contribution in [3.8, 4) is 0 Å². The monoisotopic (exact) mass is 577 g/mol. The summed E-state index contributed by atoms with van der Waals surface area (Å²) in [6.07, 6.45) is 5.63. The first-order valence-electron chi connectivity index (χ1n) is 14.7. The predicted molar refractivity (Wildman–Crippen MR) is 173 cm³/mol. The summed E-state index contributed by atoms with van der Waals surface area (Å²) in [6, 6.07) is 26.1. The standard InChI is InChI=1S/C18H19N3O.C17H20N2S/c1-12-19-9-10-21(12)11-13-7-8-16-17(18(13)22)14-5-3-4-6-15(14)20(16)2;1-13(18(2)3)12-19-14-8-4-6-10-16(14)20-17-11-7-5-9-15(17)19/h3-6,9-10,13H,7-8,11H2,1-2H3;4-11,13H,12H2,1-3H3. The molecule has 2 unspecified atom stereocenters. The highest BCUT2D eigenvalue weighted by molar-refractivity contribution is 7.99. The highest BCUT2D eigenvalue weighted by Crippen LogP contribution is 2.47. The Labute approximate surface area is 253 Å². The van der Waals surface area contributed by atoms with E-state index < -0.39 is 0 Å². The molecule has 5 aromatic rings. The minimum absolute atomic E-state index is 0.0474. The maximum atomic E-state index is 13.0. The highest BCUT2D eigenvalue weighted by Gasteiger charge is 2.32. The Morgan fingerprint density at radius 1 is 0.976 bits per heavy atom. The number of nitrogens with zero attached hydrogens (tertiary/aromatic N) is 5. The number of carbonyl (C=O) groups is 1. The van der Waals surface area contributed by atoms with Gasteiger partial charge >= 0.3 is 0 Å². The van der Waals surface area contributed by atoms with E-state index in [-0.39, 0.29) is 11.7 Å². The second kappa shape index (κ2) is 11.8. The van der Waals surface area contributed by atoms with Gasteiger partial charge in [-0.15, -0.1) is 0 Å². The normalized spacial score (nSPS) is 16.5. The number of carbonyl (C=O) groups excluding carboxylic acids is 1. The molecule has 0 radical (unpaired) electrons. The zero-order chi connectivity index (χ0) is 29.4. The average Bonchev–Trinajstić information content (AvgIpc) is 3.54. The summed E-state index contributed by atoms with van der Waals surface area (Å²) in [5.41, 5.74) is 5.92. The lowest BCUT2D eigenvalue weighted by molar-refractivity contribution is 0.0888. The molecule has 6 nitrogen and oxygen atoms in total. The molecule has 0 N–H and O–H groups in total. The number of benzene rings is 3. The Morgan fingerprint density at radius 2 is 1.62 bits per heavy atom. The van der Waals surface area contributed by atoms with Gasteiger partial charge in [0.25, 0.3) is 0 Å². The number of hydrogen-bond acceptors (Lipinski definition) is 5. The van der Waals surface area contributed by atoms with Gasteiger partial charge < -0.3 is 18.9 Å². The summed E-state index contributed by atoms with van der Waals surface area (Å²) in [4.78, 5) is 24.7. The quantitative estimate of drug-likeness (QED) is 0.218. The summed E-state index contributed by atoms with van der Waals surface area (Å²) < 4.78 is 4.26. The van der Waals surface area contributed by atoms with E-state index in [1.807, 2.05) is 37.0 Å². The molecule has 0 amide bonds. The smallest absolute Gasteiger partial charge is 0.170 e. The lowest BCUT2D eigenvalue weighted by Gasteiger charge is -2.36. The molecule has 3 aromatic carbocycles. The van der Waals surface area contributed by atoms with Crippen molar-refractivity contribution in [1.82, 2.24) is 19.0 Å². The number of rotatable bonds is 5. The fraction of sp³-hybridized carbons (Fsp3) is 0.314. The van der Waals surface area contributed by atoms with E-state index in [0.29, 0.717) is 6.04 Å². The fourth-order valence-corrected chi connectivity index (χ4v) is 7.17. The molecule has 0 spiro atoms. The number of ketones is 1. The van der Waals surface area contributed by atoms with Crippen LogP contribution in [-0.4, -0.2) is 51.5 Å². The first kappa shape index (κ1) is 28.3. The van der Waals surface area contributed by atoms with Crippen molar-refractivity contribution in [2.75, 3.05) is 25.5 Å². The number of aryl methyl sites for hydroxylation is 2. The molecule has 42 heavy (non-hydrogen) atoms. The maximum absolute atomic E-state index is 13.0. The molecule has 0 saturated heterocycles. The zero-order valence-corrected chi connectivity index (χ0v) is 25.9. The van der Waals surface area contributed by atoms with Crippen LogP contribution in [0.15, 0.2) is 95.0 Å². The van der Waals surface area contributed by atoms with Crippen LogP contribution in [0.4, 0.5) is 11.4 Å². The van der Waals surface area contributed by atoms with Gasteiger partial charge in [0, 0.05) is 76.4 Å². The first-order chi connectivity index (χ1) is 20.3. The number of likely N-dealkylation sites (N-methyl/N-ethyl adjacent to an activating group) is 1. The van der Waals surface area contributed by atoms with Gasteiger partial charge in [-0.2, -0.15) is 0 Å². The van der Waals surface area contributed by atoms with Gasteiger partial charge in [0.05, 0.1) is 11.4 Å². The summed E-state index contributed by atoms with van der Waals surface area (Å²) in [7, 11) is 6.34. The van der Waals surface area contributed by atoms with Crippen molar-refractivity contribution in [2.45, 2.75) is 49.1 Å². The largest absolute Gasteiger partial charge is 0.347 e. The van der Waals surface area contributed by atoms with Crippen LogP contribution < -0.4 is 4.90 Å². The Morgan fingerprint density at radius 3 is 2.26 bits per heavy atom. The zero-order valence-electron chi connectivity index (χ0n) is 25.1. The van der Waals surface area contributed by atoms with Crippen molar-refractivity contribution < 1.29 is 4.79 Å². The van der Waals surface area contributed by atoms with E-state index in [1.54, 1.807) is 6.20 Å². The molecule has 7 rings (SSSR count). The molecule has 2 atom stereocenters. The van der Waals surface area contributed by atoms with Gasteiger partial charge in [-0.05, 0) is 71.1 Å². The molecule has 0 saturated carbocycles. The van der Waals surface area contributed by atoms with Crippen molar-refractivity contribution in [3.05, 3.63) is 102 Å². The predicted octanol–water partition coefficient (Wildman–Crippen LogP) is 7.37. The molecule has 3 heterocycles. The van der Waals surface area contributed by atoms with Gasteiger partial charge in [0.1, 0.15) is 5.82 Å².